The molecule has 0 fully saturated rings. The summed E-state index contributed by atoms with van der Waals surface area (Å²) in [5.74, 6) is 0. The molecule has 0 spiro atoms. The van der Waals surface area contributed by atoms with E-state index in [1.165, 1.54) is 44.9 Å². The first-order valence-corrected chi connectivity index (χ1v) is 10.3. The molecule has 0 aliphatic heterocycles. The first-order chi connectivity index (χ1) is 10.6. The maximum absolute atomic E-state index is 10.2. The van der Waals surface area contributed by atoms with E-state index in [1.807, 2.05) is 0 Å². The van der Waals surface area contributed by atoms with Crippen LogP contribution in [0, 0.1) is 0 Å². The zero-order valence-electron chi connectivity index (χ0n) is 16.1. The summed E-state index contributed by atoms with van der Waals surface area (Å²) < 4.78 is 60.9. The van der Waals surface area contributed by atoms with E-state index in [1.54, 1.807) is 0 Å². The molecule has 0 rings (SSSR count). The fraction of sp³-hybridized carbons (Fsp3) is 1.00. The summed E-state index contributed by atoms with van der Waals surface area (Å²) in [5, 5.41) is 7.06. The third-order valence-electron chi connectivity index (χ3n) is 2.82. The van der Waals surface area contributed by atoms with Crippen molar-refractivity contribution in [3.05, 3.63) is 0 Å². The molecule has 0 amide bonds. The molecule has 152 valence electrons. The van der Waals surface area contributed by atoms with Crippen molar-refractivity contribution in [3.63, 3.8) is 0 Å². The Morgan fingerprint density at radius 3 is 1.36 bits per heavy atom. The fourth-order valence-electron chi connectivity index (χ4n) is 1.75. The third-order valence-corrected chi connectivity index (χ3v) is 3.48. The van der Waals surface area contributed by atoms with Crippen molar-refractivity contribution in [1.82, 2.24) is 6.15 Å². The molecule has 0 heterocycles. The van der Waals surface area contributed by atoms with Gasteiger partial charge in [0.2, 0.25) is 0 Å². The molecule has 0 saturated carbocycles. The van der Waals surface area contributed by atoms with Gasteiger partial charge in [-0.05, 0) is 6.42 Å². The zero-order valence-corrected chi connectivity index (χ0v) is 18.7. The first-order valence-electron chi connectivity index (χ1n) is 7.54. The van der Waals surface area contributed by atoms with Gasteiger partial charge in [-0.2, -0.15) is 16.8 Å². The van der Waals surface area contributed by atoms with Gasteiger partial charge in [0.05, 0.1) is 6.61 Å². The topological polar surface area (TPSA) is 182 Å². The Morgan fingerprint density at radius 1 is 0.760 bits per heavy atom. The van der Waals surface area contributed by atoms with Gasteiger partial charge >= 0.3 is 50.4 Å². The van der Waals surface area contributed by atoms with Gasteiger partial charge in [0.15, 0.2) is 0 Å². The minimum Gasteiger partial charge on any atom is -1.00 e. The number of hydrogen-bond acceptors (Lipinski definition) is 8. The predicted octanol–water partition coefficient (Wildman–Crippen LogP) is 0.284. The molecule has 0 unspecified atom stereocenters. The van der Waals surface area contributed by atoms with Gasteiger partial charge in [-0.3, -0.25) is 9.11 Å². The van der Waals surface area contributed by atoms with Crippen molar-refractivity contribution < 1.29 is 70.7 Å². The summed E-state index contributed by atoms with van der Waals surface area (Å²) in [6.45, 7) is 2.31. The number of hydrogen-bond donors (Lipinski definition) is 4. The van der Waals surface area contributed by atoms with Gasteiger partial charge in [-0.1, -0.05) is 69.0 Å². The molecule has 0 aromatic carbocycles. The molecule has 0 radical (unpaired) electrons. The second kappa shape index (κ2) is 21.0. The van der Waals surface area contributed by atoms with E-state index in [2.05, 4.69) is 15.4 Å². The molecule has 0 aliphatic carbocycles. The van der Waals surface area contributed by atoms with Crippen LogP contribution in [0.3, 0.4) is 0 Å². The maximum Gasteiger partial charge on any atom is 1.00 e. The summed E-state index contributed by atoms with van der Waals surface area (Å²) in [5.41, 5.74) is 0. The minimum atomic E-state index is -4.61. The largest absolute Gasteiger partial charge is 1.00 e. The maximum atomic E-state index is 10.2. The zero-order chi connectivity index (χ0) is 18.2. The molecule has 25 heavy (non-hydrogen) atoms. The Hall–Kier alpha value is 0.660. The molecule has 0 aliphatic rings. The normalized spacial score (nSPS) is 10.9. The van der Waals surface area contributed by atoms with Crippen LogP contribution in [0.5, 0.6) is 0 Å². The van der Waals surface area contributed by atoms with Crippen LogP contribution in [0.4, 0.5) is 0 Å². The van der Waals surface area contributed by atoms with Crippen LogP contribution >= 0.6 is 0 Å². The molecule has 13 heteroatoms. The van der Waals surface area contributed by atoms with Crippen LogP contribution < -0.4 is 35.7 Å². The fourth-order valence-corrected chi connectivity index (χ4v) is 2.08. The van der Waals surface area contributed by atoms with E-state index in [4.69, 9.17) is 22.8 Å². The quantitative estimate of drug-likeness (QED) is 0.106. The van der Waals surface area contributed by atoms with Gasteiger partial charge in [-0.25, -0.2) is 9.44 Å². The van der Waals surface area contributed by atoms with E-state index < -0.39 is 20.8 Å². The van der Waals surface area contributed by atoms with E-state index in [9.17, 15) is 8.42 Å². The van der Waals surface area contributed by atoms with E-state index in [0.29, 0.717) is 6.42 Å². The van der Waals surface area contributed by atoms with Crippen molar-refractivity contribution in [1.29, 1.82) is 0 Å². The summed E-state index contributed by atoms with van der Waals surface area (Å²) in [6.07, 6.45) is 11.9. The van der Waals surface area contributed by atoms with Gasteiger partial charge in [0, 0.05) is 0 Å². The van der Waals surface area contributed by atoms with Crippen molar-refractivity contribution in [2.24, 2.45) is 0 Å². The Balaban J connectivity index is -0.000000142. The van der Waals surface area contributed by atoms with Crippen molar-refractivity contribution in [2.75, 3.05) is 6.61 Å². The number of unbranched alkanes of at least 4 members (excludes halogenated alkanes) is 9. The van der Waals surface area contributed by atoms with Crippen LogP contribution in [0.1, 0.15) is 72.6 Å². The van der Waals surface area contributed by atoms with Crippen LogP contribution in [0.15, 0.2) is 0 Å². The predicted molar refractivity (Wildman–Crippen MR) is 90.7 cm³/mol. The average Bonchev–Trinajstić information content (AvgIpc) is 2.43. The average molecular weight is 422 g/mol. The van der Waals surface area contributed by atoms with Crippen LogP contribution in [0.2, 0.25) is 0 Å². The summed E-state index contributed by atoms with van der Waals surface area (Å²) in [6, 6.07) is 0. The van der Waals surface area contributed by atoms with Gasteiger partial charge in [0.25, 0.3) is 0 Å². The Kier molecular flexibility index (Phi) is 27.9. The van der Waals surface area contributed by atoms with Crippen LogP contribution in [-0.2, 0) is 29.3 Å². The van der Waals surface area contributed by atoms with Crippen molar-refractivity contribution in [2.45, 2.75) is 71.1 Å². The standard InChI is InChI=1S/C12H26O4S.H3N.Na.H2O5S.H/c1-2-3-4-5-6-7-8-9-10-11-12-16-17(13,14)15;;;1-5-6(2,3)4;/h2-12H2,1H3,(H,13,14,15);1H3;;1H,(H,2,3,4);/q;;+1;;-1. The molecule has 10 nitrogen and oxygen atoms in total. The molecule has 0 bridgehead atoms. The van der Waals surface area contributed by atoms with Gasteiger partial charge in [-0.15, -0.1) is 0 Å². The molecular formula is C12H32NNaO9S2. The molecule has 6 N–H and O–H groups in total. The second-order valence-corrected chi connectivity index (χ2v) is 7.03. The molecule has 0 saturated heterocycles. The smallest absolute Gasteiger partial charge is 1.00 e. The molecular weight excluding hydrogens is 389 g/mol. The third kappa shape index (κ3) is 40.6. The van der Waals surface area contributed by atoms with Gasteiger partial charge < -0.3 is 7.58 Å². The second-order valence-electron chi connectivity index (χ2n) is 4.93. The van der Waals surface area contributed by atoms with Crippen molar-refractivity contribution >= 4 is 20.8 Å². The van der Waals surface area contributed by atoms with E-state index in [0.717, 1.165) is 12.8 Å². The van der Waals surface area contributed by atoms with Crippen molar-refractivity contribution in [3.8, 4) is 0 Å². The Labute approximate surface area is 174 Å². The summed E-state index contributed by atoms with van der Waals surface area (Å²) in [7, 11) is -8.84. The molecule has 0 aromatic heterocycles. The Morgan fingerprint density at radius 2 is 1.08 bits per heavy atom. The van der Waals surface area contributed by atoms with E-state index >= 15 is 0 Å². The van der Waals surface area contributed by atoms with Crippen LogP contribution in [0.25, 0.3) is 0 Å². The minimum absolute atomic E-state index is 0. The first kappa shape index (κ1) is 33.3. The monoisotopic (exact) mass is 421 g/mol. The number of rotatable bonds is 13. The van der Waals surface area contributed by atoms with Gasteiger partial charge in [0.1, 0.15) is 0 Å². The summed E-state index contributed by atoms with van der Waals surface area (Å²) in [4.78, 5) is 0. The molecule has 0 atom stereocenters. The molecule has 0 aromatic rings. The van der Waals surface area contributed by atoms with E-state index in [-0.39, 0.29) is 43.7 Å². The van der Waals surface area contributed by atoms with Crippen LogP contribution in [-0.4, -0.2) is 37.8 Å². The SMILES string of the molecule is CCCCCCCCCCCCOS(=O)(=O)O.N.O=S(=O)(O)OO.[H-].[Na+]. The Bertz CT molecular complexity index is 463. The summed E-state index contributed by atoms with van der Waals surface area (Å²) >= 11 is 0.